The van der Waals surface area contributed by atoms with Crippen molar-refractivity contribution in [3.05, 3.63) is 29.8 Å². The molecule has 2 heteroatoms. The number of nitrogens with two attached hydrogens (primary N) is 1. The van der Waals surface area contributed by atoms with Gasteiger partial charge in [-0.3, -0.25) is 4.90 Å². The standard InChI is InChI=1S/C16H26N2/c1-12(2)16(14-5-4-6-15(17)11-14)18-9-7-13(3)8-10-18/h4-6,11-13,16H,7-10,17H2,1-3H3. The lowest BCUT2D eigenvalue weighted by molar-refractivity contribution is 0.108. The number of hydrogen-bond acceptors (Lipinski definition) is 2. The molecule has 1 heterocycles. The molecule has 18 heavy (non-hydrogen) atoms. The lowest BCUT2D eigenvalue weighted by atomic mass is 9.90. The third-order valence-corrected chi connectivity index (χ3v) is 4.10. The van der Waals surface area contributed by atoms with Crippen molar-refractivity contribution in [1.82, 2.24) is 4.90 Å². The maximum atomic E-state index is 5.93. The molecule has 2 N–H and O–H groups in total. The molecule has 2 rings (SSSR count). The lowest BCUT2D eigenvalue weighted by Crippen LogP contribution is -2.38. The van der Waals surface area contributed by atoms with Crippen molar-refractivity contribution >= 4 is 5.69 Å². The van der Waals surface area contributed by atoms with Gasteiger partial charge in [0.15, 0.2) is 0 Å². The first kappa shape index (κ1) is 13.4. The molecule has 0 amide bonds. The Morgan fingerprint density at radius 3 is 2.44 bits per heavy atom. The predicted molar refractivity (Wildman–Crippen MR) is 78.4 cm³/mol. The Morgan fingerprint density at radius 2 is 1.89 bits per heavy atom. The SMILES string of the molecule is CC1CCN(C(c2cccc(N)c2)C(C)C)CC1. The Labute approximate surface area is 111 Å². The van der Waals surface area contributed by atoms with Gasteiger partial charge in [0.2, 0.25) is 0 Å². The van der Waals surface area contributed by atoms with Gasteiger partial charge in [-0.2, -0.15) is 0 Å². The second-order valence-electron chi connectivity index (χ2n) is 6.08. The van der Waals surface area contributed by atoms with E-state index in [9.17, 15) is 0 Å². The number of benzene rings is 1. The zero-order chi connectivity index (χ0) is 13.1. The first-order chi connectivity index (χ1) is 8.58. The van der Waals surface area contributed by atoms with Crippen molar-refractivity contribution in [3.63, 3.8) is 0 Å². The molecule has 1 aromatic rings. The lowest BCUT2D eigenvalue weighted by Gasteiger charge is -2.39. The minimum Gasteiger partial charge on any atom is -0.399 e. The summed E-state index contributed by atoms with van der Waals surface area (Å²) in [6, 6.07) is 8.93. The molecule has 1 fully saturated rings. The van der Waals surface area contributed by atoms with Gasteiger partial charge >= 0.3 is 0 Å². The highest BCUT2D eigenvalue weighted by molar-refractivity contribution is 5.41. The van der Waals surface area contributed by atoms with Crippen LogP contribution in [0.4, 0.5) is 5.69 Å². The van der Waals surface area contributed by atoms with E-state index in [2.05, 4.69) is 43.9 Å². The fraction of sp³-hybridized carbons (Fsp3) is 0.625. The van der Waals surface area contributed by atoms with Crippen molar-refractivity contribution in [2.75, 3.05) is 18.8 Å². The molecule has 0 radical (unpaired) electrons. The second kappa shape index (κ2) is 5.75. The minimum absolute atomic E-state index is 0.515. The van der Waals surface area contributed by atoms with Crippen molar-refractivity contribution in [3.8, 4) is 0 Å². The van der Waals surface area contributed by atoms with E-state index in [1.807, 2.05) is 6.07 Å². The molecular weight excluding hydrogens is 220 g/mol. The van der Waals surface area contributed by atoms with E-state index < -0.39 is 0 Å². The summed E-state index contributed by atoms with van der Waals surface area (Å²) in [7, 11) is 0. The normalized spacial score (nSPS) is 20.2. The highest BCUT2D eigenvalue weighted by atomic mass is 15.2. The van der Waals surface area contributed by atoms with E-state index in [0.29, 0.717) is 12.0 Å². The smallest absolute Gasteiger partial charge is 0.0371 e. The molecule has 0 bridgehead atoms. The molecule has 0 spiro atoms. The van der Waals surface area contributed by atoms with Crippen LogP contribution in [0.15, 0.2) is 24.3 Å². The zero-order valence-electron chi connectivity index (χ0n) is 11.9. The summed E-state index contributed by atoms with van der Waals surface area (Å²) < 4.78 is 0. The van der Waals surface area contributed by atoms with Crippen LogP contribution < -0.4 is 5.73 Å². The molecule has 1 unspecified atom stereocenters. The van der Waals surface area contributed by atoms with Gasteiger partial charge in [-0.15, -0.1) is 0 Å². The average molecular weight is 246 g/mol. The topological polar surface area (TPSA) is 29.3 Å². The molecule has 1 saturated heterocycles. The van der Waals surface area contributed by atoms with E-state index in [-0.39, 0.29) is 0 Å². The first-order valence-electron chi connectivity index (χ1n) is 7.17. The summed E-state index contributed by atoms with van der Waals surface area (Å²) in [5, 5.41) is 0. The van der Waals surface area contributed by atoms with Gasteiger partial charge < -0.3 is 5.73 Å². The molecule has 0 saturated carbocycles. The minimum atomic E-state index is 0.515. The number of likely N-dealkylation sites (tertiary alicyclic amines) is 1. The highest BCUT2D eigenvalue weighted by Crippen LogP contribution is 2.32. The van der Waals surface area contributed by atoms with Gasteiger partial charge in [0.25, 0.3) is 0 Å². The molecular formula is C16H26N2. The van der Waals surface area contributed by atoms with Crippen molar-refractivity contribution < 1.29 is 0 Å². The Balaban J connectivity index is 2.18. The average Bonchev–Trinajstić information content (AvgIpc) is 2.32. The summed E-state index contributed by atoms with van der Waals surface area (Å²) in [6.07, 6.45) is 2.65. The molecule has 1 aromatic carbocycles. The zero-order valence-corrected chi connectivity index (χ0v) is 11.9. The molecule has 0 aromatic heterocycles. The van der Waals surface area contributed by atoms with Crippen LogP contribution in [-0.4, -0.2) is 18.0 Å². The molecule has 1 aliphatic rings. The number of piperidine rings is 1. The van der Waals surface area contributed by atoms with E-state index in [1.165, 1.54) is 31.5 Å². The quantitative estimate of drug-likeness (QED) is 0.824. The first-order valence-corrected chi connectivity index (χ1v) is 7.17. The van der Waals surface area contributed by atoms with Crippen molar-refractivity contribution in [1.29, 1.82) is 0 Å². The number of nitrogens with zero attached hydrogens (tertiary/aromatic N) is 1. The Bertz CT molecular complexity index is 378. The molecule has 2 nitrogen and oxygen atoms in total. The molecule has 0 aliphatic carbocycles. The number of hydrogen-bond donors (Lipinski definition) is 1. The molecule has 1 aliphatic heterocycles. The summed E-state index contributed by atoms with van der Waals surface area (Å²) >= 11 is 0. The van der Waals surface area contributed by atoms with E-state index in [1.54, 1.807) is 0 Å². The van der Waals surface area contributed by atoms with Crippen LogP contribution in [0.2, 0.25) is 0 Å². The van der Waals surface area contributed by atoms with Gasteiger partial charge in [-0.1, -0.05) is 32.9 Å². The van der Waals surface area contributed by atoms with Gasteiger partial charge in [0, 0.05) is 11.7 Å². The van der Waals surface area contributed by atoms with Gasteiger partial charge in [0.05, 0.1) is 0 Å². The Kier molecular flexibility index (Phi) is 4.28. The van der Waals surface area contributed by atoms with E-state index >= 15 is 0 Å². The fourth-order valence-corrected chi connectivity index (χ4v) is 3.07. The molecule has 100 valence electrons. The van der Waals surface area contributed by atoms with E-state index in [4.69, 9.17) is 5.73 Å². The van der Waals surface area contributed by atoms with E-state index in [0.717, 1.165) is 11.6 Å². The summed E-state index contributed by atoms with van der Waals surface area (Å²) in [4.78, 5) is 2.64. The number of nitrogen functional groups attached to an aromatic ring is 1. The molecule has 1 atom stereocenters. The number of rotatable bonds is 3. The Hall–Kier alpha value is -1.02. The summed E-state index contributed by atoms with van der Waals surface area (Å²) in [5.41, 5.74) is 8.18. The van der Waals surface area contributed by atoms with Crippen LogP contribution in [0.5, 0.6) is 0 Å². The van der Waals surface area contributed by atoms with Crippen molar-refractivity contribution in [2.45, 2.75) is 39.7 Å². The number of anilines is 1. The Morgan fingerprint density at radius 1 is 1.22 bits per heavy atom. The third-order valence-electron chi connectivity index (χ3n) is 4.10. The van der Waals surface area contributed by atoms with Gasteiger partial charge in [0.1, 0.15) is 0 Å². The van der Waals surface area contributed by atoms with Gasteiger partial charge in [-0.05, 0) is 55.5 Å². The fourth-order valence-electron chi connectivity index (χ4n) is 3.07. The predicted octanol–water partition coefficient (Wildman–Crippen LogP) is 3.70. The van der Waals surface area contributed by atoms with Crippen LogP contribution in [0, 0.1) is 11.8 Å². The van der Waals surface area contributed by atoms with Crippen LogP contribution in [0.25, 0.3) is 0 Å². The maximum Gasteiger partial charge on any atom is 0.0371 e. The van der Waals surface area contributed by atoms with Crippen LogP contribution in [0.1, 0.15) is 45.2 Å². The van der Waals surface area contributed by atoms with Gasteiger partial charge in [-0.25, -0.2) is 0 Å². The monoisotopic (exact) mass is 246 g/mol. The maximum absolute atomic E-state index is 5.93. The summed E-state index contributed by atoms with van der Waals surface area (Å²) in [5.74, 6) is 1.51. The second-order valence-corrected chi connectivity index (χ2v) is 6.08. The van der Waals surface area contributed by atoms with Crippen molar-refractivity contribution in [2.24, 2.45) is 11.8 Å². The van der Waals surface area contributed by atoms with Crippen LogP contribution in [0.3, 0.4) is 0 Å². The highest BCUT2D eigenvalue weighted by Gasteiger charge is 2.26. The van der Waals surface area contributed by atoms with Crippen LogP contribution in [-0.2, 0) is 0 Å². The third kappa shape index (κ3) is 3.05. The summed E-state index contributed by atoms with van der Waals surface area (Å²) in [6.45, 7) is 9.43. The van der Waals surface area contributed by atoms with Crippen LogP contribution >= 0.6 is 0 Å². The largest absolute Gasteiger partial charge is 0.399 e.